The topological polar surface area (TPSA) is 78.9 Å². The van der Waals surface area contributed by atoms with Gasteiger partial charge in [0.25, 0.3) is 0 Å². The summed E-state index contributed by atoms with van der Waals surface area (Å²) in [4.78, 5) is 24.8. The normalized spacial score (nSPS) is 14.7. The highest BCUT2D eigenvalue weighted by Gasteiger charge is 2.09. The third kappa shape index (κ3) is 11.0. The number of ketones is 1. The van der Waals surface area contributed by atoms with Crippen LogP contribution in [0.1, 0.15) is 63.5 Å². The zero-order valence-electron chi connectivity index (χ0n) is 17.6. The average Bonchev–Trinajstić information content (AvgIpc) is 3.17. The number of methoxy groups -OCH3 is 1. The van der Waals surface area contributed by atoms with E-state index in [2.05, 4.69) is 17.3 Å². The Bertz CT molecular complexity index is 568. The monoisotopic (exact) mass is 392 g/mol. The van der Waals surface area contributed by atoms with Crippen molar-refractivity contribution in [1.82, 2.24) is 10.2 Å². The smallest absolute Gasteiger partial charge is 0.220 e. The lowest BCUT2D eigenvalue weighted by Crippen LogP contribution is -2.28. The molecule has 1 unspecified atom stereocenters. The first-order chi connectivity index (χ1) is 13.4. The zero-order chi connectivity index (χ0) is 20.8. The van der Waals surface area contributed by atoms with Gasteiger partial charge in [0.15, 0.2) is 0 Å². The molecule has 1 atom stereocenters. The number of nitrogens with zero attached hydrogens (tertiary/aromatic N) is 1. The van der Waals surface area contributed by atoms with Gasteiger partial charge >= 0.3 is 0 Å². The Labute approximate surface area is 169 Å². The van der Waals surface area contributed by atoms with Crippen LogP contribution >= 0.6 is 0 Å². The van der Waals surface area contributed by atoms with E-state index >= 15 is 0 Å². The molecule has 0 aliphatic carbocycles. The molecule has 6 nitrogen and oxygen atoms in total. The standard InChI is InChI=1S/C17H25NO4.C5H11N/c1-13(19)6-4-3-5-7-17(21)18-12-16(20)14-8-10-15(22-2)11-9-14;1-6-4-2-3-5-6/h8-11,16,20H,3-7,12H2,1-2H3,(H,18,21);2-5H2,1H3. The largest absolute Gasteiger partial charge is 0.497 e. The fourth-order valence-electron chi connectivity index (χ4n) is 2.95. The maximum absolute atomic E-state index is 11.7. The number of aliphatic hydroxyl groups excluding tert-OH is 1. The van der Waals surface area contributed by atoms with Crippen molar-refractivity contribution in [2.24, 2.45) is 0 Å². The second-order valence-electron chi connectivity index (χ2n) is 7.37. The van der Waals surface area contributed by atoms with Crippen LogP contribution in [0.2, 0.25) is 0 Å². The van der Waals surface area contributed by atoms with Gasteiger partial charge in [-0.1, -0.05) is 18.6 Å². The highest BCUT2D eigenvalue weighted by Crippen LogP contribution is 2.17. The predicted octanol–water partition coefficient (Wildman–Crippen LogP) is 3.10. The Morgan fingerprint density at radius 3 is 2.21 bits per heavy atom. The molecule has 1 aliphatic rings. The summed E-state index contributed by atoms with van der Waals surface area (Å²) in [6, 6.07) is 7.10. The molecule has 0 spiro atoms. The maximum atomic E-state index is 11.7. The van der Waals surface area contributed by atoms with Gasteiger partial charge in [0.05, 0.1) is 13.2 Å². The third-order valence-corrected chi connectivity index (χ3v) is 4.76. The highest BCUT2D eigenvalue weighted by molar-refractivity contribution is 5.76. The molecule has 1 amide bonds. The van der Waals surface area contributed by atoms with Gasteiger partial charge in [-0.15, -0.1) is 0 Å². The minimum Gasteiger partial charge on any atom is -0.497 e. The lowest BCUT2D eigenvalue weighted by atomic mass is 10.1. The van der Waals surface area contributed by atoms with Crippen LogP contribution in [-0.2, 0) is 9.59 Å². The first-order valence-electron chi connectivity index (χ1n) is 10.2. The molecule has 2 rings (SSSR count). The lowest BCUT2D eigenvalue weighted by Gasteiger charge is -2.12. The Morgan fingerprint density at radius 2 is 1.71 bits per heavy atom. The number of likely N-dealkylation sites (tertiary alicyclic amines) is 1. The molecule has 1 aromatic rings. The van der Waals surface area contributed by atoms with Crippen LogP contribution in [0, 0.1) is 0 Å². The van der Waals surface area contributed by atoms with Crippen LogP contribution < -0.4 is 10.1 Å². The maximum Gasteiger partial charge on any atom is 0.220 e. The summed E-state index contributed by atoms with van der Waals surface area (Å²) in [5.41, 5.74) is 0.738. The van der Waals surface area contributed by atoms with Crippen molar-refractivity contribution < 1.29 is 19.4 Å². The second kappa shape index (κ2) is 14.1. The molecule has 0 aromatic heterocycles. The third-order valence-electron chi connectivity index (χ3n) is 4.76. The number of hydrogen-bond donors (Lipinski definition) is 2. The molecule has 1 aliphatic heterocycles. The molecular weight excluding hydrogens is 356 g/mol. The second-order valence-corrected chi connectivity index (χ2v) is 7.37. The first-order valence-corrected chi connectivity index (χ1v) is 10.2. The molecule has 2 N–H and O–H groups in total. The average molecular weight is 393 g/mol. The van der Waals surface area contributed by atoms with Gasteiger partial charge in [-0.05, 0) is 70.4 Å². The van der Waals surface area contributed by atoms with Gasteiger partial charge in [0, 0.05) is 19.4 Å². The fraction of sp³-hybridized carbons (Fsp3) is 0.636. The van der Waals surface area contributed by atoms with Crippen LogP contribution in [0.4, 0.5) is 0 Å². The molecule has 1 heterocycles. The van der Waals surface area contributed by atoms with Gasteiger partial charge in [-0.2, -0.15) is 0 Å². The van der Waals surface area contributed by atoms with Crippen molar-refractivity contribution in [1.29, 1.82) is 0 Å². The van der Waals surface area contributed by atoms with Gasteiger partial charge < -0.3 is 24.9 Å². The number of carbonyl (C=O) groups excluding carboxylic acids is 2. The Balaban J connectivity index is 0.000000552. The molecule has 0 bridgehead atoms. The Morgan fingerprint density at radius 1 is 1.11 bits per heavy atom. The molecule has 1 aromatic carbocycles. The van der Waals surface area contributed by atoms with Crippen molar-refractivity contribution in [3.8, 4) is 5.75 Å². The van der Waals surface area contributed by atoms with Gasteiger partial charge in [0.2, 0.25) is 5.91 Å². The number of hydrogen-bond acceptors (Lipinski definition) is 5. The molecule has 6 heteroatoms. The number of benzene rings is 1. The molecule has 28 heavy (non-hydrogen) atoms. The van der Waals surface area contributed by atoms with E-state index in [4.69, 9.17) is 4.74 Å². The van der Waals surface area contributed by atoms with E-state index in [1.54, 1.807) is 38.3 Å². The van der Waals surface area contributed by atoms with Crippen molar-refractivity contribution in [3.05, 3.63) is 29.8 Å². The molecule has 0 saturated carbocycles. The lowest BCUT2D eigenvalue weighted by molar-refractivity contribution is -0.121. The van der Waals surface area contributed by atoms with Crippen molar-refractivity contribution >= 4 is 11.7 Å². The Kier molecular flexibility index (Phi) is 12.2. The van der Waals surface area contributed by atoms with Crippen LogP contribution in [0.25, 0.3) is 0 Å². The van der Waals surface area contributed by atoms with E-state index < -0.39 is 6.10 Å². The van der Waals surface area contributed by atoms with Crippen LogP contribution in [0.3, 0.4) is 0 Å². The van der Waals surface area contributed by atoms with E-state index in [0.717, 1.165) is 30.6 Å². The molecule has 1 saturated heterocycles. The van der Waals surface area contributed by atoms with E-state index in [1.807, 2.05) is 0 Å². The summed E-state index contributed by atoms with van der Waals surface area (Å²) in [5.74, 6) is 0.841. The number of unbranched alkanes of at least 4 members (excludes halogenated alkanes) is 2. The van der Waals surface area contributed by atoms with Crippen molar-refractivity contribution in [2.75, 3.05) is 33.8 Å². The van der Waals surface area contributed by atoms with Crippen LogP contribution in [-0.4, -0.2) is 55.5 Å². The van der Waals surface area contributed by atoms with E-state index in [9.17, 15) is 14.7 Å². The SMILES string of the molecule is CN1CCCC1.COc1ccc(C(O)CNC(=O)CCCCCC(C)=O)cc1. The summed E-state index contributed by atoms with van der Waals surface area (Å²) < 4.78 is 5.05. The van der Waals surface area contributed by atoms with Crippen LogP contribution in [0.15, 0.2) is 24.3 Å². The van der Waals surface area contributed by atoms with E-state index in [-0.39, 0.29) is 18.2 Å². The minimum atomic E-state index is -0.729. The number of rotatable bonds is 10. The first kappa shape index (κ1) is 24.1. The quantitative estimate of drug-likeness (QED) is 0.598. The van der Waals surface area contributed by atoms with Crippen molar-refractivity contribution in [2.45, 2.75) is 58.0 Å². The summed E-state index contributed by atoms with van der Waals surface area (Å²) in [6.07, 6.45) is 5.56. The minimum absolute atomic E-state index is 0.0737. The number of carbonyl (C=O) groups is 2. The molecule has 158 valence electrons. The van der Waals surface area contributed by atoms with Gasteiger partial charge in [0.1, 0.15) is 11.5 Å². The number of amides is 1. The number of Topliss-reactive ketones (excluding diaryl/α,β-unsaturated/α-hetero) is 1. The van der Waals surface area contributed by atoms with Crippen molar-refractivity contribution in [3.63, 3.8) is 0 Å². The van der Waals surface area contributed by atoms with Gasteiger partial charge in [-0.25, -0.2) is 0 Å². The number of aliphatic hydroxyl groups is 1. The highest BCUT2D eigenvalue weighted by atomic mass is 16.5. The summed E-state index contributed by atoms with van der Waals surface area (Å²) in [7, 11) is 3.76. The van der Waals surface area contributed by atoms with E-state index in [1.165, 1.54) is 25.9 Å². The summed E-state index contributed by atoms with van der Waals surface area (Å²) >= 11 is 0. The number of nitrogens with one attached hydrogen (secondary N) is 1. The molecule has 1 fully saturated rings. The van der Waals surface area contributed by atoms with Crippen LogP contribution in [0.5, 0.6) is 5.75 Å². The molecule has 0 radical (unpaired) electrons. The van der Waals surface area contributed by atoms with Gasteiger partial charge in [-0.3, -0.25) is 4.79 Å². The van der Waals surface area contributed by atoms with E-state index in [0.29, 0.717) is 12.8 Å². The summed E-state index contributed by atoms with van der Waals surface area (Å²) in [5, 5.41) is 12.7. The Hall–Kier alpha value is -1.92. The summed E-state index contributed by atoms with van der Waals surface area (Å²) in [6.45, 7) is 4.41. The predicted molar refractivity (Wildman–Crippen MR) is 111 cm³/mol. The fourth-order valence-corrected chi connectivity index (χ4v) is 2.95. The molecular formula is C22H36N2O4. The number of ether oxygens (including phenoxy) is 1. The zero-order valence-corrected chi connectivity index (χ0v) is 17.6.